The first-order chi connectivity index (χ1) is 14.9. The number of rotatable bonds is 12. The molecule has 0 spiro atoms. The van der Waals surface area contributed by atoms with E-state index in [0.29, 0.717) is 17.9 Å². The van der Waals surface area contributed by atoms with E-state index < -0.39 is 6.09 Å². The smallest absolute Gasteiger partial charge is 0.404 e. The maximum Gasteiger partial charge on any atom is 0.404 e. The minimum Gasteiger partial charge on any atom is -0.497 e. The van der Waals surface area contributed by atoms with Gasteiger partial charge in [-0.1, -0.05) is 43.7 Å². The van der Waals surface area contributed by atoms with Crippen molar-refractivity contribution < 1.29 is 23.8 Å². The van der Waals surface area contributed by atoms with E-state index in [1.54, 1.807) is 14.2 Å². The number of ether oxygens (including phenoxy) is 3. The van der Waals surface area contributed by atoms with E-state index in [4.69, 9.17) is 25.7 Å². The second-order valence-electron chi connectivity index (χ2n) is 7.50. The zero-order valence-corrected chi connectivity index (χ0v) is 18.4. The van der Waals surface area contributed by atoms with Gasteiger partial charge in [0.1, 0.15) is 18.1 Å². The van der Waals surface area contributed by atoms with Gasteiger partial charge < -0.3 is 25.7 Å². The Morgan fingerprint density at radius 3 is 2.32 bits per heavy atom. The molecule has 0 saturated heterocycles. The Balaban J connectivity index is 2.42. The lowest BCUT2D eigenvalue weighted by molar-refractivity contribution is -0.118. The van der Waals surface area contributed by atoms with E-state index in [0.717, 1.165) is 29.5 Å². The number of methoxy groups -OCH3 is 2. The van der Waals surface area contributed by atoms with E-state index in [9.17, 15) is 9.59 Å². The van der Waals surface area contributed by atoms with Gasteiger partial charge in [0.05, 0.1) is 14.2 Å². The van der Waals surface area contributed by atoms with E-state index >= 15 is 0 Å². The van der Waals surface area contributed by atoms with Crippen molar-refractivity contribution in [1.29, 1.82) is 0 Å². The summed E-state index contributed by atoms with van der Waals surface area (Å²) in [6, 6.07) is 13.4. The van der Waals surface area contributed by atoms with Gasteiger partial charge in [0, 0.05) is 12.5 Å². The van der Waals surface area contributed by atoms with Crippen molar-refractivity contribution in [3.63, 3.8) is 0 Å². The normalized spacial score (nSPS) is 12.6. The van der Waals surface area contributed by atoms with E-state index in [1.807, 2.05) is 42.5 Å². The van der Waals surface area contributed by atoms with Gasteiger partial charge in [-0.3, -0.25) is 4.79 Å². The predicted molar refractivity (Wildman–Crippen MR) is 119 cm³/mol. The van der Waals surface area contributed by atoms with Crippen molar-refractivity contribution >= 4 is 12.0 Å². The molecule has 0 aliphatic heterocycles. The monoisotopic (exact) mass is 428 g/mol. The lowest BCUT2D eigenvalue weighted by atomic mass is 9.79. The highest BCUT2D eigenvalue weighted by molar-refractivity contribution is 5.75. The molecule has 0 fully saturated rings. The molecule has 31 heavy (non-hydrogen) atoms. The maximum atomic E-state index is 11.9. The van der Waals surface area contributed by atoms with Crippen LogP contribution in [0.4, 0.5) is 4.79 Å². The molecule has 2 aromatic rings. The average molecular weight is 429 g/mol. The minimum atomic E-state index is -0.809. The van der Waals surface area contributed by atoms with Crippen LogP contribution < -0.4 is 20.9 Å². The molecular weight excluding hydrogens is 396 g/mol. The summed E-state index contributed by atoms with van der Waals surface area (Å²) in [5, 5.41) is 0. The highest BCUT2D eigenvalue weighted by atomic mass is 16.5. The summed E-state index contributed by atoms with van der Waals surface area (Å²) in [5.74, 6) is 0.959. The van der Waals surface area contributed by atoms with Gasteiger partial charge in [-0.05, 0) is 47.4 Å². The van der Waals surface area contributed by atoms with Crippen LogP contribution in [0.25, 0.3) is 0 Å². The van der Waals surface area contributed by atoms with Crippen molar-refractivity contribution in [2.75, 3.05) is 14.2 Å². The van der Waals surface area contributed by atoms with Gasteiger partial charge in [0.15, 0.2) is 0 Å². The van der Waals surface area contributed by atoms with Crippen molar-refractivity contribution in [3.05, 3.63) is 59.2 Å². The summed E-state index contributed by atoms with van der Waals surface area (Å²) < 4.78 is 15.9. The number of hydrogen-bond acceptors (Lipinski definition) is 5. The molecule has 7 nitrogen and oxygen atoms in total. The van der Waals surface area contributed by atoms with Crippen LogP contribution in [0.15, 0.2) is 42.5 Å². The molecule has 0 aromatic heterocycles. The second-order valence-corrected chi connectivity index (χ2v) is 7.50. The van der Waals surface area contributed by atoms with Crippen LogP contribution >= 0.6 is 0 Å². The number of amides is 2. The number of benzene rings is 2. The highest BCUT2D eigenvalue weighted by Gasteiger charge is 2.25. The third-order valence-corrected chi connectivity index (χ3v) is 5.40. The summed E-state index contributed by atoms with van der Waals surface area (Å²) in [7, 11) is 3.19. The van der Waals surface area contributed by atoms with Gasteiger partial charge in [0.25, 0.3) is 0 Å². The number of nitrogens with two attached hydrogens (primary N) is 2. The van der Waals surface area contributed by atoms with E-state index in [2.05, 4.69) is 6.92 Å². The molecule has 0 aliphatic rings. The molecule has 0 heterocycles. The topological polar surface area (TPSA) is 114 Å². The van der Waals surface area contributed by atoms with Crippen molar-refractivity contribution in [1.82, 2.24) is 0 Å². The summed E-state index contributed by atoms with van der Waals surface area (Å²) in [6.45, 7) is 2.23. The first kappa shape index (κ1) is 24.1. The maximum absolute atomic E-state index is 11.9. The van der Waals surface area contributed by atoms with Crippen molar-refractivity contribution in [3.8, 4) is 11.5 Å². The van der Waals surface area contributed by atoms with Crippen LogP contribution in [-0.2, 0) is 16.1 Å². The fraction of sp³-hybridized carbons (Fsp3) is 0.417. The first-order valence-corrected chi connectivity index (χ1v) is 10.4. The molecular formula is C24H32N2O5. The Hall–Kier alpha value is -3.22. The standard InChI is InChI=1S/C24H32N2O5/c1-4-7-16(20-9-6-5-8-17(20)15-31-24(26)28)12-18(13-23(25)27)21-11-10-19(29-2)14-22(21)30-3/h5-6,8-11,14,16,18H,4,7,12-13,15H2,1-3H3,(H2,25,27)(H2,26,28). The molecule has 2 unspecified atom stereocenters. The Morgan fingerprint density at radius 1 is 0.968 bits per heavy atom. The molecule has 2 rings (SSSR count). The van der Waals surface area contributed by atoms with Gasteiger partial charge in [-0.25, -0.2) is 4.79 Å². The zero-order valence-electron chi connectivity index (χ0n) is 18.4. The molecule has 0 radical (unpaired) electrons. The number of hydrogen-bond donors (Lipinski definition) is 2. The molecule has 0 bridgehead atoms. The number of primary amides is 2. The van der Waals surface area contributed by atoms with Crippen LogP contribution in [0.1, 0.15) is 61.1 Å². The third-order valence-electron chi connectivity index (χ3n) is 5.40. The van der Waals surface area contributed by atoms with Crippen LogP contribution in [0.2, 0.25) is 0 Å². The lowest BCUT2D eigenvalue weighted by Crippen LogP contribution is -2.19. The summed E-state index contributed by atoms with van der Waals surface area (Å²) in [6.07, 6.45) is 1.94. The average Bonchev–Trinajstić information content (AvgIpc) is 2.76. The summed E-state index contributed by atoms with van der Waals surface area (Å²) >= 11 is 0. The summed E-state index contributed by atoms with van der Waals surface area (Å²) in [5.41, 5.74) is 13.6. The van der Waals surface area contributed by atoms with Crippen LogP contribution in [0.5, 0.6) is 11.5 Å². The van der Waals surface area contributed by atoms with Crippen LogP contribution in [-0.4, -0.2) is 26.2 Å². The summed E-state index contributed by atoms with van der Waals surface area (Å²) in [4.78, 5) is 23.0. The minimum absolute atomic E-state index is 0.109. The van der Waals surface area contributed by atoms with Gasteiger partial charge in [-0.2, -0.15) is 0 Å². The van der Waals surface area contributed by atoms with Gasteiger partial charge in [0.2, 0.25) is 5.91 Å². The van der Waals surface area contributed by atoms with Crippen LogP contribution in [0.3, 0.4) is 0 Å². The molecule has 7 heteroatoms. The van der Waals surface area contributed by atoms with Gasteiger partial charge >= 0.3 is 6.09 Å². The van der Waals surface area contributed by atoms with Crippen molar-refractivity contribution in [2.24, 2.45) is 11.5 Å². The fourth-order valence-electron chi connectivity index (χ4n) is 4.02. The largest absolute Gasteiger partial charge is 0.497 e. The molecule has 4 N–H and O–H groups in total. The highest BCUT2D eigenvalue weighted by Crippen LogP contribution is 2.40. The quantitative estimate of drug-likeness (QED) is 0.525. The van der Waals surface area contributed by atoms with Crippen LogP contribution in [0, 0.1) is 0 Å². The fourth-order valence-corrected chi connectivity index (χ4v) is 4.02. The molecule has 0 aliphatic carbocycles. The predicted octanol–water partition coefficient (Wildman–Crippen LogP) is 4.23. The Labute approximate surface area is 183 Å². The van der Waals surface area contributed by atoms with E-state index in [1.165, 1.54) is 0 Å². The van der Waals surface area contributed by atoms with E-state index in [-0.39, 0.29) is 30.8 Å². The molecule has 0 saturated carbocycles. The molecule has 168 valence electrons. The molecule has 2 atom stereocenters. The Bertz CT molecular complexity index is 884. The number of carbonyl (C=O) groups excluding carboxylic acids is 2. The molecule has 2 aromatic carbocycles. The Kier molecular flexibility index (Phi) is 9.18. The third kappa shape index (κ3) is 6.91. The lowest BCUT2D eigenvalue weighted by Gasteiger charge is -2.26. The first-order valence-electron chi connectivity index (χ1n) is 10.4. The van der Waals surface area contributed by atoms with Gasteiger partial charge in [-0.15, -0.1) is 0 Å². The Morgan fingerprint density at radius 2 is 1.71 bits per heavy atom. The van der Waals surface area contributed by atoms with Crippen molar-refractivity contribution in [2.45, 2.75) is 51.0 Å². The molecule has 2 amide bonds. The second kappa shape index (κ2) is 11.8. The number of carbonyl (C=O) groups is 2. The zero-order chi connectivity index (χ0) is 22.8. The SMILES string of the molecule is CCCC(CC(CC(N)=O)c1ccc(OC)cc1OC)c1ccccc1COC(N)=O.